The number of aromatic nitrogens is 1. The first-order valence-electron chi connectivity index (χ1n) is 24.2. The molecule has 0 radical (unpaired) electrons. The van der Waals surface area contributed by atoms with E-state index in [2.05, 4.69) is 266 Å². The van der Waals surface area contributed by atoms with Gasteiger partial charge in [0, 0.05) is 44.0 Å². The van der Waals surface area contributed by atoms with Crippen molar-refractivity contribution in [2.45, 2.75) is 19.3 Å². The van der Waals surface area contributed by atoms with Crippen molar-refractivity contribution >= 4 is 71.6 Å². The smallest absolute Gasteiger partial charge is 0.160 e. The van der Waals surface area contributed by atoms with E-state index in [1.807, 2.05) is 0 Å². The topological polar surface area (TPSA) is 21.3 Å². The molecular formula is C67H46N2O. The lowest BCUT2D eigenvalue weighted by molar-refractivity contribution is 0.660. The zero-order chi connectivity index (χ0) is 46.5. The maximum atomic E-state index is 6.87. The molecule has 14 rings (SSSR count). The van der Waals surface area contributed by atoms with Crippen LogP contribution in [0.25, 0.3) is 105 Å². The van der Waals surface area contributed by atoms with Crippen LogP contribution in [0.5, 0.6) is 0 Å². The van der Waals surface area contributed by atoms with Gasteiger partial charge in [0.2, 0.25) is 0 Å². The van der Waals surface area contributed by atoms with Gasteiger partial charge in [0.25, 0.3) is 0 Å². The quantitative estimate of drug-likeness (QED) is 0.159. The third-order valence-electron chi connectivity index (χ3n) is 15.0. The van der Waals surface area contributed by atoms with Crippen LogP contribution < -0.4 is 4.90 Å². The number of benzene rings is 11. The number of furan rings is 1. The lowest BCUT2D eigenvalue weighted by Crippen LogP contribution is -2.15. The average Bonchev–Trinajstić information content (AvgIpc) is 4.05. The van der Waals surface area contributed by atoms with E-state index in [1.54, 1.807) is 0 Å². The van der Waals surface area contributed by atoms with Crippen molar-refractivity contribution in [2.75, 3.05) is 4.90 Å². The van der Waals surface area contributed by atoms with E-state index >= 15 is 0 Å². The molecule has 330 valence electrons. The molecule has 0 amide bonds. The van der Waals surface area contributed by atoms with Crippen LogP contribution in [0.1, 0.15) is 25.0 Å². The highest BCUT2D eigenvalue weighted by atomic mass is 16.3. The number of hydrogen-bond donors (Lipinski definition) is 0. The Morgan fingerprint density at radius 1 is 0.386 bits per heavy atom. The third kappa shape index (κ3) is 6.21. The summed E-state index contributed by atoms with van der Waals surface area (Å²) in [5, 5.41) is 7.13. The Bertz CT molecular complexity index is 4180. The average molecular weight is 895 g/mol. The van der Waals surface area contributed by atoms with Crippen molar-refractivity contribution in [1.29, 1.82) is 0 Å². The zero-order valence-corrected chi connectivity index (χ0v) is 38.9. The molecule has 1 aliphatic carbocycles. The van der Waals surface area contributed by atoms with Crippen LogP contribution in [0.3, 0.4) is 0 Å². The van der Waals surface area contributed by atoms with Gasteiger partial charge in [-0.2, -0.15) is 0 Å². The van der Waals surface area contributed by atoms with Crippen LogP contribution in [0.4, 0.5) is 17.1 Å². The molecule has 2 heterocycles. The number of hydrogen-bond acceptors (Lipinski definition) is 2. The van der Waals surface area contributed by atoms with E-state index in [0.717, 1.165) is 44.6 Å². The molecule has 0 saturated carbocycles. The monoisotopic (exact) mass is 894 g/mol. The van der Waals surface area contributed by atoms with Crippen LogP contribution in [-0.4, -0.2) is 4.57 Å². The van der Waals surface area contributed by atoms with E-state index in [1.165, 1.54) is 88.3 Å². The van der Waals surface area contributed by atoms with Gasteiger partial charge in [-0.3, -0.25) is 0 Å². The summed E-state index contributed by atoms with van der Waals surface area (Å²) in [6, 6.07) is 88.5. The predicted octanol–water partition coefficient (Wildman–Crippen LogP) is 18.6. The summed E-state index contributed by atoms with van der Waals surface area (Å²) in [6.07, 6.45) is 0. The first kappa shape index (κ1) is 40.2. The third-order valence-corrected chi connectivity index (χ3v) is 15.0. The van der Waals surface area contributed by atoms with Gasteiger partial charge in [-0.15, -0.1) is 0 Å². The summed E-state index contributed by atoms with van der Waals surface area (Å²) < 4.78 is 9.24. The predicted molar refractivity (Wildman–Crippen MR) is 294 cm³/mol. The highest BCUT2D eigenvalue weighted by molar-refractivity contribution is 6.23. The molecule has 70 heavy (non-hydrogen) atoms. The molecule has 0 fully saturated rings. The van der Waals surface area contributed by atoms with Crippen LogP contribution in [0.2, 0.25) is 0 Å². The highest BCUT2D eigenvalue weighted by Crippen LogP contribution is 2.52. The van der Waals surface area contributed by atoms with Crippen LogP contribution >= 0.6 is 0 Å². The summed E-state index contributed by atoms with van der Waals surface area (Å²) in [6.45, 7) is 4.68. The molecule has 0 saturated heterocycles. The Morgan fingerprint density at radius 3 is 1.67 bits per heavy atom. The molecule has 13 aromatic rings. The molecule has 0 spiro atoms. The van der Waals surface area contributed by atoms with Crippen LogP contribution in [0.15, 0.2) is 247 Å². The Labute approximate surface area is 406 Å². The van der Waals surface area contributed by atoms with Crippen molar-refractivity contribution in [3.63, 3.8) is 0 Å². The second-order valence-corrected chi connectivity index (χ2v) is 19.3. The Morgan fingerprint density at radius 2 is 0.929 bits per heavy atom. The lowest BCUT2D eigenvalue weighted by Gasteiger charge is -2.28. The molecule has 3 nitrogen and oxygen atoms in total. The molecular weight excluding hydrogens is 849 g/mol. The minimum Gasteiger partial charge on any atom is -0.454 e. The van der Waals surface area contributed by atoms with Gasteiger partial charge in [0.1, 0.15) is 5.58 Å². The number of fused-ring (bicyclic) bond motifs is 11. The molecule has 0 atom stereocenters. The van der Waals surface area contributed by atoms with E-state index in [4.69, 9.17) is 4.42 Å². The summed E-state index contributed by atoms with van der Waals surface area (Å²) in [7, 11) is 0. The number of rotatable bonds is 7. The van der Waals surface area contributed by atoms with Gasteiger partial charge in [0.15, 0.2) is 5.58 Å². The minimum absolute atomic E-state index is 0.0896. The van der Waals surface area contributed by atoms with Gasteiger partial charge in [-0.1, -0.05) is 190 Å². The molecule has 0 N–H and O–H groups in total. The summed E-state index contributed by atoms with van der Waals surface area (Å²) >= 11 is 0. The fourth-order valence-electron chi connectivity index (χ4n) is 11.5. The van der Waals surface area contributed by atoms with Gasteiger partial charge < -0.3 is 13.9 Å². The first-order valence-corrected chi connectivity index (χ1v) is 24.2. The normalized spacial score (nSPS) is 12.8. The number of para-hydroxylation sites is 3. The molecule has 1 aliphatic rings. The second kappa shape index (κ2) is 15.6. The van der Waals surface area contributed by atoms with Crippen molar-refractivity contribution in [1.82, 2.24) is 4.57 Å². The fourth-order valence-corrected chi connectivity index (χ4v) is 11.5. The van der Waals surface area contributed by atoms with Gasteiger partial charge >= 0.3 is 0 Å². The van der Waals surface area contributed by atoms with E-state index in [0.29, 0.717) is 0 Å². The summed E-state index contributed by atoms with van der Waals surface area (Å²) in [4.78, 5) is 2.39. The molecule has 2 aromatic heterocycles. The Kier molecular flexibility index (Phi) is 8.93. The molecule has 11 aromatic carbocycles. The lowest BCUT2D eigenvalue weighted by atomic mass is 9.82. The van der Waals surface area contributed by atoms with Crippen molar-refractivity contribution in [3.05, 3.63) is 254 Å². The molecule has 0 unspecified atom stereocenters. The SMILES string of the molecule is CC1(C)c2ccccc2-c2cc(N(c3ccc(-c4ccc(-c5ccc(-c6ccc7c(c6)c6ccccc6n7-c6ccccc6)cc5)cc4)cc3)c3cc4ccccc4c4c3oc3ccccc34)ccc21. The van der Waals surface area contributed by atoms with Crippen LogP contribution in [0, 0.1) is 0 Å². The van der Waals surface area contributed by atoms with Crippen molar-refractivity contribution in [2.24, 2.45) is 0 Å². The van der Waals surface area contributed by atoms with E-state index in [-0.39, 0.29) is 5.41 Å². The molecule has 0 bridgehead atoms. The Hall–Kier alpha value is -8.92. The van der Waals surface area contributed by atoms with Gasteiger partial charge in [0.05, 0.1) is 16.7 Å². The Balaban J connectivity index is 0.808. The zero-order valence-electron chi connectivity index (χ0n) is 38.9. The summed E-state index contributed by atoms with van der Waals surface area (Å²) in [5.74, 6) is 0. The molecule has 3 heteroatoms. The van der Waals surface area contributed by atoms with E-state index in [9.17, 15) is 0 Å². The minimum atomic E-state index is -0.0896. The maximum absolute atomic E-state index is 6.87. The summed E-state index contributed by atoms with van der Waals surface area (Å²) in [5.41, 5.74) is 20.8. The number of anilines is 3. The fraction of sp³-hybridized carbons (Fsp3) is 0.0448. The first-order chi connectivity index (χ1) is 34.5. The number of nitrogens with zero attached hydrogens (tertiary/aromatic N) is 2. The largest absolute Gasteiger partial charge is 0.454 e. The maximum Gasteiger partial charge on any atom is 0.160 e. The van der Waals surface area contributed by atoms with Gasteiger partial charge in [-0.25, -0.2) is 0 Å². The highest BCUT2D eigenvalue weighted by Gasteiger charge is 2.36. The van der Waals surface area contributed by atoms with Crippen molar-refractivity contribution < 1.29 is 4.42 Å². The van der Waals surface area contributed by atoms with E-state index < -0.39 is 0 Å². The van der Waals surface area contributed by atoms with Gasteiger partial charge in [-0.05, 0) is 133 Å². The standard InChI is InChI=1S/C67H46N2O/c1-67(2)59-21-11-8-18-54(59)57-42-52(37-38-60(57)67)68(63-41-49-14-6-7-17-53(49)65-56-20-10-13-23-64(56)70-66(63)65)51-35-32-46(33-36-51)45-26-24-43(25-27-45)44-28-30-47(31-29-44)48-34-39-62-58(40-48)55-19-9-12-22-61(55)69(62)50-15-4-3-5-16-50/h3-42H,1-2H3. The van der Waals surface area contributed by atoms with Crippen molar-refractivity contribution in [3.8, 4) is 50.2 Å². The van der Waals surface area contributed by atoms with Crippen LogP contribution in [-0.2, 0) is 5.41 Å². The second-order valence-electron chi connectivity index (χ2n) is 19.3. The molecule has 0 aliphatic heterocycles.